The molecular weight excluding hydrogens is 378 g/mol. The molecule has 1 amide bonds. The molecule has 1 N–H and O–H groups in total. The zero-order valence-electron chi connectivity index (χ0n) is 17.4. The SMILES string of the molecule is CCCOc1ccc(C2CC(=O)C3=C(C2)NC(=O)CC3c2ccc(OC)cc2)cc1. The van der Waals surface area contributed by atoms with Gasteiger partial charge in [0.25, 0.3) is 0 Å². The first kappa shape index (κ1) is 20.2. The van der Waals surface area contributed by atoms with Crippen LogP contribution >= 0.6 is 0 Å². The maximum atomic E-state index is 13.2. The molecule has 1 aliphatic heterocycles. The summed E-state index contributed by atoms with van der Waals surface area (Å²) in [5, 5.41) is 2.98. The zero-order valence-corrected chi connectivity index (χ0v) is 17.4. The van der Waals surface area contributed by atoms with Crippen LogP contribution in [0.2, 0.25) is 0 Å². The third kappa shape index (κ3) is 4.11. The van der Waals surface area contributed by atoms with Gasteiger partial charge in [0, 0.05) is 30.0 Å². The molecule has 2 aromatic rings. The largest absolute Gasteiger partial charge is 0.497 e. The fraction of sp³-hybridized carbons (Fsp3) is 0.360. The van der Waals surface area contributed by atoms with Gasteiger partial charge in [-0.3, -0.25) is 9.59 Å². The molecule has 1 aliphatic carbocycles. The van der Waals surface area contributed by atoms with Crippen molar-refractivity contribution in [2.45, 2.75) is 44.4 Å². The van der Waals surface area contributed by atoms with Crippen molar-refractivity contribution in [2.24, 2.45) is 0 Å². The van der Waals surface area contributed by atoms with Crippen LogP contribution in [0, 0.1) is 0 Å². The van der Waals surface area contributed by atoms with Gasteiger partial charge >= 0.3 is 0 Å². The molecule has 2 atom stereocenters. The molecule has 0 fully saturated rings. The van der Waals surface area contributed by atoms with E-state index in [1.165, 1.54) is 0 Å². The molecule has 1 heterocycles. The quantitative estimate of drug-likeness (QED) is 0.769. The molecule has 0 saturated carbocycles. The lowest BCUT2D eigenvalue weighted by atomic mass is 9.73. The Morgan fingerprint density at radius 2 is 1.57 bits per heavy atom. The summed E-state index contributed by atoms with van der Waals surface area (Å²) in [4.78, 5) is 25.6. The summed E-state index contributed by atoms with van der Waals surface area (Å²) < 4.78 is 10.9. The number of hydrogen-bond acceptors (Lipinski definition) is 4. The molecule has 30 heavy (non-hydrogen) atoms. The summed E-state index contributed by atoms with van der Waals surface area (Å²) in [6.07, 6.45) is 2.38. The molecule has 156 valence electrons. The van der Waals surface area contributed by atoms with E-state index in [1.807, 2.05) is 48.5 Å². The minimum Gasteiger partial charge on any atom is -0.497 e. The van der Waals surface area contributed by atoms with Crippen LogP contribution in [-0.4, -0.2) is 25.4 Å². The average Bonchev–Trinajstić information content (AvgIpc) is 2.77. The number of rotatable bonds is 6. The Morgan fingerprint density at radius 1 is 0.900 bits per heavy atom. The van der Waals surface area contributed by atoms with E-state index in [-0.39, 0.29) is 23.5 Å². The standard InChI is InChI=1S/C25H27NO4/c1-3-12-30-20-10-4-16(5-11-20)18-13-22-25(23(27)14-18)21(15-24(28)26-22)17-6-8-19(29-2)9-7-17/h4-11,18,21H,3,12-15H2,1-2H3,(H,26,28). The van der Waals surface area contributed by atoms with Crippen molar-refractivity contribution in [3.8, 4) is 11.5 Å². The predicted molar refractivity (Wildman–Crippen MR) is 115 cm³/mol. The average molecular weight is 405 g/mol. The highest BCUT2D eigenvalue weighted by Gasteiger charge is 2.38. The predicted octanol–water partition coefficient (Wildman–Crippen LogP) is 4.49. The second kappa shape index (κ2) is 8.74. The molecule has 5 heteroatoms. The first-order valence-electron chi connectivity index (χ1n) is 10.5. The van der Waals surface area contributed by atoms with Crippen molar-refractivity contribution in [1.82, 2.24) is 5.32 Å². The van der Waals surface area contributed by atoms with E-state index in [4.69, 9.17) is 9.47 Å². The molecular formula is C25H27NO4. The van der Waals surface area contributed by atoms with Crippen LogP contribution in [0.25, 0.3) is 0 Å². The van der Waals surface area contributed by atoms with E-state index in [2.05, 4.69) is 12.2 Å². The fourth-order valence-corrected chi connectivity index (χ4v) is 4.37. The van der Waals surface area contributed by atoms with Gasteiger partial charge in [-0.25, -0.2) is 0 Å². The van der Waals surface area contributed by atoms with E-state index in [0.717, 1.165) is 40.3 Å². The van der Waals surface area contributed by atoms with E-state index in [0.29, 0.717) is 25.9 Å². The number of hydrogen-bond donors (Lipinski definition) is 1. The second-order valence-corrected chi connectivity index (χ2v) is 7.92. The number of nitrogens with one attached hydrogen (secondary N) is 1. The van der Waals surface area contributed by atoms with Gasteiger partial charge in [-0.2, -0.15) is 0 Å². The van der Waals surface area contributed by atoms with Crippen molar-refractivity contribution >= 4 is 11.7 Å². The third-order valence-corrected chi connectivity index (χ3v) is 5.88. The van der Waals surface area contributed by atoms with Crippen molar-refractivity contribution in [1.29, 1.82) is 0 Å². The Bertz CT molecular complexity index is 960. The first-order chi connectivity index (χ1) is 14.6. The number of amides is 1. The van der Waals surface area contributed by atoms with Gasteiger partial charge in [-0.05, 0) is 54.2 Å². The highest BCUT2D eigenvalue weighted by Crippen LogP contribution is 2.42. The molecule has 2 aromatic carbocycles. The summed E-state index contributed by atoms with van der Waals surface area (Å²) in [6, 6.07) is 15.6. The van der Waals surface area contributed by atoms with Gasteiger partial charge in [-0.15, -0.1) is 0 Å². The molecule has 4 rings (SSSR count). The van der Waals surface area contributed by atoms with Crippen molar-refractivity contribution in [2.75, 3.05) is 13.7 Å². The Balaban J connectivity index is 1.59. The Kier molecular flexibility index (Phi) is 5.88. The maximum absolute atomic E-state index is 13.2. The Labute approximate surface area is 177 Å². The molecule has 0 bridgehead atoms. The highest BCUT2D eigenvalue weighted by molar-refractivity contribution is 6.02. The van der Waals surface area contributed by atoms with Crippen LogP contribution in [0.3, 0.4) is 0 Å². The minimum atomic E-state index is -0.196. The number of ketones is 1. The number of methoxy groups -OCH3 is 1. The van der Waals surface area contributed by atoms with Gasteiger partial charge < -0.3 is 14.8 Å². The lowest BCUT2D eigenvalue weighted by molar-refractivity contribution is -0.122. The number of ether oxygens (including phenoxy) is 2. The monoisotopic (exact) mass is 405 g/mol. The molecule has 0 aromatic heterocycles. The van der Waals surface area contributed by atoms with E-state index >= 15 is 0 Å². The zero-order chi connectivity index (χ0) is 21.1. The van der Waals surface area contributed by atoms with Crippen LogP contribution in [-0.2, 0) is 9.59 Å². The number of carbonyl (C=O) groups is 2. The normalized spacial score (nSPS) is 21.1. The van der Waals surface area contributed by atoms with Crippen LogP contribution < -0.4 is 14.8 Å². The van der Waals surface area contributed by atoms with Crippen molar-refractivity contribution in [3.05, 3.63) is 70.9 Å². The van der Waals surface area contributed by atoms with Crippen LogP contribution in [0.4, 0.5) is 0 Å². The molecule has 2 unspecified atom stereocenters. The van der Waals surface area contributed by atoms with Crippen LogP contribution in [0.5, 0.6) is 11.5 Å². The van der Waals surface area contributed by atoms with E-state index in [9.17, 15) is 9.59 Å². The number of allylic oxidation sites excluding steroid dienone is 2. The molecule has 5 nitrogen and oxygen atoms in total. The second-order valence-electron chi connectivity index (χ2n) is 7.92. The number of benzene rings is 2. The Hall–Kier alpha value is -3.08. The van der Waals surface area contributed by atoms with Crippen LogP contribution in [0.1, 0.15) is 55.6 Å². The fourth-order valence-electron chi connectivity index (χ4n) is 4.37. The van der Waals surface area contributed by atoms with Gasteiger partial charge in [-0.1, -0.05) is 31.2 Å². The lowest BCUT2D eigenvalue weighted by Gasteiger charge is -2.34. The maximum Gasteiger partial charge on any atom is 0.225 e. The summed E-state index contributed by atoms with van der Waals surface area (Å²) in [6.45, 7) is 2.77. The number of Topliss-reactive ketones (excluding diaryl/α,β-unsaturated/α-hetero) is 1. The van der Waals surface area contributed by atoms with Gasteiger partial charge in [0.1, 0.15) is 11.5 Å². The van der Waals surface area contributed by atoms with E-state index < -0.39 is 0 Å². The smallest absolute Gasteiger partial charge is 0.225 e. The summed E-state index contributed by atoms with van der Waals surface area (Å²) >= 11 is 0. The summed E-state index contributed by atoms with van der Waals surface area (Å²) in [7, 11) is 1.62. The topological polar surface area (TPSA) is 64.6 Å². The van der Waals surface area contributed by atoms with Crippen molar-refractivity contribution < 1.29 is 19.1 Å². The first-order valence-corrected chi connectivity index (χ1v) is 10.5. The molecule has 2 aliphatic rings. The Morgan fingerprint density at radius 3 is 2.23 bits per heavy atom. The minimum absolute atomic E-state index is 0.0358. The van der Waals surface area contributed by atoms with Gasteiger partial charge in [0.2, 0.25) is 5.91 Å². The third-order valence-electron chi connectivity index (χ3n) is 5.88. The van der Waals surface area contributed by atoms with Gasteiger partial charge in [0.15, 0.2) is 5.78 Å². The van der Waals surface area contributed by atoms with Crippen LogP contribution in [0.15, 0.2) is 59.8 Å². The lowest BCUT2D eigenvalue weighted by Crippen LogP contribution is -2.38. The van der Waals surface area contributed by atoms with E-state index in [1.54, 1.807) is 7.11 Å². The summed E-state index contributed by atoms with van der Waals surface area (Å²) in [5.41, 5.74) is 3.61. The number of carbonyl (C=O) groups excluding carboxylic acids is 2. The molecule has 0 spiro atoms. The molecule has 0 saturated heterocycles. The summed E-state index contributed by atoms with van der Waals surface area (Å²) in [5.74, 6) is 1.55. The molecule has 0 radical (unpaired) electrons. The van der Waals surface area contributed by atoms with Crippen molar-refractivity contribution in [3.63, 3.8) is 0 Å². The van der Waals surface area contributed by atoms with Gasteiger partial charge in [0.05, 0.1) is 13.7 Å². The highest BCUT2D eigenvalue weighted by atomic mass is 16.5.